The molecule has 0 saturated heterocycles. The van der Waals surface area contributed by atoms with Crippen molar-refractivity contribution in [2.24, 2.45) is 4.99 Å². The quantitative estimate of drug-likeness (QED) is 0.280. The largest absolute Gasteiger partial charge is 0.467 e. The lowest BCUT2D eigenvalue weighted by molar-refractivity contribution is -0.142. The van der Waals surface area contributed by atoms with Gasteiger partial charge in [0, 0.05) is 18.2 Å². The zero-order chi connectivity index (χ0) is 22.1. The molecule has 1 unspecified atom stereocenters. The fourth-order valence-electron chi connectivity index (χ4n) is 2.87. The first-order valence-electron chi connectivity index (χ1n) is 9.80. The molecule has 30 heavy (non-hydrogen) atoms. The van der Waals surface area contributed by atoms with Crippen LogP contribution in [0.2, 0.25) is 19.6 Å². The highest BCUT2D eigenvalue weighted by Crippen LogP contribution is 2.16. The summed E-state index contributed by atoms with van der Waals surface area (Å²) >= 11 is 0. The predicted molar refractivity (Wildman–Crippen MR) is 124 cm³/mol. The Morgan fingerprint density at radius 2 is 1.57 bits per heavy atom. The summed E-state index contributed by atoms with van der Waals surface area (Å²) in [5.41, 5.74) is 2.08. The third-order valence-electron chi connectivity index (χ3n) is 4.65. The van der Waals surface area contributed by atoms with Crippen molar-refractivity contribution in [3.63, 3.8) is 0 Å². The van der Waals surface area contributed by atoms with E-state index < -0.39 is 26.1 Å². The van der Waals surface area contributed by atoms with E-state index in [4.69, 9.17) is 9.47 Å². The number of hydrogen-bond acceptors (Lipinski definition) is 5. The number of ether oxygens (including phenoxy) is 2. The number of nitrogens with zero attached hydrogens (tertiary/aromatic N) is 1. The van der Waals surface area contributed by atoms with Gasteiger partial charge >= 0.3 is 11.9 Å². The summed E-state index contributed by atoms with van der Waals surface area (Å²) in [4.78, 5) is 29.0. The van der Waals surface area contributed by atoms with Gasteiger partial charge in [-0.15, -0.1) is 0 Å². The molecule has 0 aromatic heterocycles. The second kappa shape index (κ2) is 10.7. The third-order valence-corrected chi connectivity index (χ3v) is 6.72. The third kappa shape index (κ3) is 6.81. The summed E-state index contributed by atoms with van der Waals surface area (Å²) < 4.78 is 9.80. The Labute approximate surface area is 179 Å². The second-order valence-electron chi connectivity index (χ2n) is 7.97. The number of methoxy groups -OCH3 is 2. The number of carbonyl (C=O) groups is 2. The maximum absolute atomic E-state index is 12.3. The normalized spacial score (nSPS) is 13.2. The van der Waals surface area contributed by atoms with Crippen LogP contribution in [0.4, 0.5) is 0 Å². The molecule has 0 fully saturated rings. The van der Waals surface area contributed by atoms with E-state index in [9.17, 15) is 9.59 Å². The molecule has 0 aliphatic carbocycles. The molecule has 0 aliphatic heterocycles. The van der Waals surface area contributed by atoms with Crippen molar-refractivity contribution < 1.29 is 19.1 Å². The SMILES string of the molecule is COC(=O)/C(=C\c1ccccc1)CC(N=Cc1ccc([Si](C)(C)C)cc1)C(=O)OC. The van der Waals surface area contributed by atoms with Crippen molar-refractivity contribution in [3.05, 3.63) is 71.3 Å². The van der Waals surface area contributed by atoms with Crippen LogP contribution in [0.25, 0.3) is 6.08 Å². The second-order valence-corrected chi connectivity index (χ2v) is 13.0. The maximum atomic E-state index is 12.3. The first kappa shape index (κ1) is 23.3. The highest BCUT2D eigenvalue weighted by molar-refractivity contribution is 6.88. The molecule has 0 saturated carbocycles. The summed E-state index contributed by atoms with van der Waals surface area (Å²) in [5, 5.41) is 1.35. The lowest BCUT2D eigenvalue weighted by atomic mass is 10.0. The summed E-state index contributed by atoms with van der Waals surface area (Å²) in [7, 11) is 1.25. The molecule has 0 amide bonds. The fourth-order valence-corrected chi connectivity index (χ4v) is 4.04. The topological polar surface area (TPSA) is 65.0 Å². The van der Waals surface area contributed by atoms with Gasteiger partial charge in [-0.25, -0.2) is 9.59 Å². The van der Waals surface area contributed by atoms with Gasteiger partial charge < -0.3 is 9.47 Å². The van der Waals surface area contributed by atoms with Gasteiger partial charge in [0.1, 0.15) is 0 Å². The van der Waals surface area contributed by atoms with Crippen LogP contribution in [-0.2, 0) is 19.1 Å². The molecule has 0 bridgehead atoms. The molecular weight excluding hydrogens is 394 g/mol. The highest BCUT2D eigenvalue weighted by atomic mass is 28.3. The molecule has 0 heterocycles. The summed E-state index contributed by atoms with van der Waals surface area (Å²) in [6, 6.07) is 16.7. The first-order valence-corrected chi connectivity index (χ1v) is 13.3. The number of rotatable bonds is 8. The number of esters is 2. The minimum Gasteiger partial charge on any atom is -0.467 e. The van der Waals surface area contributed by atoms with Crippen molar-refractivity contribution in [2.75, 3.05) is 14.2 Å². The van der Waals surface area contributed by atoms with E-state index in [1.807, 2.05) is 42.5 Å². The Bertz CT molecular complexity index is 912. The van der Waals surface area contributed by atoms with Gasteiger partial charge in [0.25, 0.3) is 0 Å². The zero-order valence-electron chi connectivity index (χ0n) is 18.2. The van der Waals surface area contributed by atoms with Gasteiger partial charge in [-0.2, -0.15) is 0 Å². The van der Waals surface area contributed by atoms with Crippen LogP contribution in [0, 0.1) is 0 Å². The first-order chi connectivity index (χ1) is 14.2. The number of aliphatic imine (C=N–C) groups is 1. The van der Waals surface area contributed by atoms with E-state index in [0.29, 0.717) is 5.57 Å². The zero-order valence-corrected chi connectivity index (χ0v) is 19.2. The van der Waals surface area contributed by atoms with E-state index >= 15 is 0 Å². The lowest BCUT2D eigenvalue weighted by Gasteiger charge is -2.16. The van der Waals surface area contributed by atoms with Crippen molar-refractivity contribution in [3.8, 4) is 0 Å². The van der Waals surface area contributed by atoms with E-state index in [2.05, 4.69) is 36.8 Å². The lowest BCUT2D eigenvalue weighted by Crippen LogP contribution is -2.37. The van der Waals surface area contributed by atoms with Gasteiger partial charge in [0.2, 0.25) is 0 Å². The van der Waals surface area contributed by atoms with Gasteiger partial charge in [-0.05, 0) is 17.2 Å². The van der Waals surface area contributed by atoms with E-state index in [1.165, 1.54) is 19.4 Å². The molecule has 158 valence electrons. The van der Waals surface area contributed by atoms with Crippen LogP contribution in [0.5, 0.6) is 0 Å². The standard InChI is InChI=1S/C24H29NO4Si/c1-28-23(26)20(15-18-9-7-6-8-10-18)16-22(24(27)29-2)25-17-19-11-13-21(14-12-19)30(3,4)5/h6-15,17,22H,16H2,1-5H3/b20-15-,25-17?. The van der Waals surface area contributed by atoms with E-state index in [0.717, 1.165) is 11.1 Å². The number of hydrogen-bond donors (Lipinski definition) is 0. The average Bonchev–Trinajstić information content (AvgIpc) is 2.75. The molecule has 5 nitrogen and oxygen atoms in total. The molecule has 2 aromatic carbocycles. The van der Waals surface area contributed by atoms with Gasteiger partial charge in [0.05, 0.1) is 22.3 Å². The Balaban J connectivity index is 2.27. The van der Waals surface area contributed by atoms with E-state index in [-0.39, 0.29) is 6.42 Å². The van der Waals surface area contributed by atoms with Crippen LogP contribution in [0.15, 0.2) is 65.2 Å². The summed E-state index contributed by atoms with van der Waals surface area (Å²) in [6.45, 7) is 6.87. The van der Waals surface area contributed by atoms with Crippen LogP contribution in [-0.4, -0.2) is 46.5 Å². The van der Waals surface area contributed by atoms with Crippen LogP contribution >= 0.6 is 0 Å². The fraction of sp³-hybridized carbons (Fsp3) is 0.292. The molecule has 6 heteroatoms. The van der Waals surface area contributed by atoms with Gasteiger partial charge in [-0.1, -0.05) is 79.4 Å². The van der Waals surface area contributed by atoms with Crippen molar-refractivity contribution in [1.82, 2.24) is 0 Å². The van der Waals surface area contributed by atoms with Crippen LogP contribution in [0.1, 0.15) is 17.5 Å². The molecule has 0 spiro atoms. The smallest absolute Gasteiger partial charge is 0.333 e. The van der Waals surface area contributed by atoms with Gasteiger partial charge in [-0.3, -0.25) is 4.99 Å². The van der Waals surface area contributed by atoms with Crippen molar-refractivity contribution in [2.45, 2.75) is 32.1 Å². The van der Waals surface area contributed by atoms with E-state index in [1.54, 1.807) is 12.3 Å². The Hall–Kier alpha value is -2.99. The summed E-state index contributed by atoms with van der Waals surface area (Å²) in [6.07, 6.45) is 3.44. The Morgan fingerprint density at radius 3 is 2.10 bits per heavy atom. The monoisotopic (exact) mass is 423 g/mol. The van der Waals surface area contributed by atoms with Crippen molar-refractivity contribution >= 4 is 37.5 Å². The minimum absolute atomic E-state index is 0.0811. The molecule has 0 radical (unpaired) electrons. The van der Waals surface area contributed by atoms with Crippen LogP contribution in [0.3, 0.4) is 0 Å². The molecule has 0 N–H and O–H groups in total. The molecule has 2 aromatic rings. The number of benzene rings is 2. The molecule has 2 rings (SSSR count). The minimum atomic E-state index is -1.38. The predicted octanol–water partition coefficient (Wildman–Crippen LogP) is 3.84. The maximum Gasteiger partial charge on any atom is 0.333 e. The van der Waals surface area contributed by atoms with Crippen molar-refractivity contribution in [1.29, 1.82) is 0 Å². The summed E-state index contributed by atoms with van der Waals surface area (Å²) in [5.74, 6) is -1.00. The Morgan fingerprint density at radius 1 is 0.933 bits per heavy atom. The molecule has 1 atom stereocenters. The van der Waals surface area contributed by atoms with Crippen LogP contribution < -0.4 is 5.19 Å². The average molecular weight is 424 g/mol. The van der Waals surface area contributed by atoms with Gasteiger partial charge in [0.15, 0.2) is 6.04 Å². The number of carbonyl (C=O) groups excluding carboxylic acids is 2. The molecular formula is C24H29NO4Si. The Kier molecular flexibility index (Phi) is 8.30. The molecule has 0 aliphatic rings. The highest BCUT2D eigenvalue weighted by Gasteiger charge is 2.23.